The van der Waals surface area contributed by atoms with Crippen LogP contribution in [0.15, 0.2) is 24.3 Å². The first-order valence-electron chi connectivity index (χ1n) is 14.4. The number of unbranched alkanes of at least 4 members (excludes halogenated alkanes) is 2. The molecule has 210 valence electrons. The molecule has 38 heavy (non-hydrogen) atoms. The van der Waals surface area contributed by atoms with E-state index in [0.717, 1.165) is 25.3 Å². The van der Waals surface area contributed by atoms with E-state index in [-0.39, 0.29) is 6.61 Å². The summed E-state index contributed by atoms with van der Waals surface area (Å²) >= 11 is 0. The summed E-state index contributed by atoms with van der Waals surface area (Å²) < 4.78 is 9.15. The summed E-state index contributed by atoms with van der Waals surface area (Å²) in [5, 5.41) is 29.9. The Morgan fingerprint density at radius 1 is 1.16 bits per heavy atom. The second-order valence-electron chi connectivity index (χ2n) is 12.8. The number of rotatable bonds is 8. The Balaban J connectivity index is 1.20. The number of ether oxygens (including phenoxy) is 1. The minimum absolute atomic E-state index is 0.347. The van der Waals surface area contributed by atoms with Crippen molar-refractivity contribution in [3.8, 4) is 0 Å². The number of aliphatic hydroxyl groups is 3. The van der Waals surface area contributed by atoms with Crippen LogP contribution in [-0.4, -0.2) is 54.8 Å². The van der Waals surface area contributed by atoms with Crippen molar-refractivity contribution in [2.45, 2.75) is 110 Å². The average Bonchev–Trinajstić information content (AvgIpc) is 3.43. The lowest BCUT2D eigenvalue weighted by atomic mass is 9.52. The maximum atomic E-state index is 10.4. The van der Waals surface area contributed by atoms with Crippen LogP contribution in [0.2, 0.25) is 0 Å². The van der Waals surface area contributed by atoms with Crippen molar-refractivity contribution in [3.63, 3.8) is 0 Å². The molecule has 9 nitrogen and oxygen atoms in total. The van der Waals surface area contributed by atoms with Crippen molar-refractivity contribution < 1.29 is 24.6 Å². The van der Waals surface area contributed by atoms with Crippen LogP contribution in [0.25, 0.3) is 11.2 Å². The quantitative estimate of drug-likeness (QED) is 0.235. The molecule has 0 spiro atoms. The number of aliphatic hydroxyl groups excluding tert-OH is 3. The number of nitrogens with two attached hydrogens (primary N) is 1. The highest BCUT2D eigenvalue weighted by atomic mass is 16.6. The normalized spacial score (nSPS) is 34.9. The number of nitrogens with zero attached hydrogens (tertiary/aromatic N) is 4. The smallest absolute Gasteiger partial charge is 0.250 e. The van der Waals surface area contributed by atoms with Gasteiger partial charge in [0, 0.05) is 0 Å². The van der Waals surface area contributed by atoms with Gasteiger partial charge in [-0.15, -0.1) is 0 Å². The van der Waals surface area contributed by atoms with Gasteiger partial charge in [-0.25, -0.2) is 9.55 Å². The van der Waals surface area contributed by atoms with Gasteiger partial charge in [0.2, 0.25) is 12.0 Å². The molecule has 2 aliphatic carbocycles. The third-order valence-corrected chi connectivity index (χ3v) is 10.1. The Morgan fingerprint density at radius 2 is 1.95 bits per heavy atom. The van der Waals surface area contributed by atoms with Gasteiger partial charge in [-0.05, 0) is 54.8 Å². The van der Waals surface area contributed by atoms with Gasteiger partial charge in [0.25, 0.3) is 5.82 Å². The molecule has 3 heterocycles. The van der Waals surface area contributed by atoms with E-state index in [4.69, 9.17) is 10.5 Å². The zero-order valence-electron chi connectivity index (χ0n) is 23.4. The van der Waals surface area contributed by atoms with Crippen molar-refractivity contribution >= 4 is 17.0 Å². The predicted molar refractivity (Wildman–Crippen MR) is 145 cm³/mol. The third kappa shape index (κ3) is 4.65. The second-order valence-corrected chi connectivity index (χ2v) is 12.8. The Morgan fingerprint density at radius 3 is 2.68 bits per heavy atom. The Labute approximate surface area is 225 Å². The lowest BCUT2D eigenvalue weighted by molar-refractivity contribution is -0.685. The zero-order valence-corrected chi connectivity index (χ0v) is 23.4. The number of nitrogen functional groups attached to an aromatic ring is 1. The molecule has 5 rings (SSSR count). The van der Waals surface area contributed by atoms with Crippen LogP contribution in [0.3, 0.4) is 0 Å². The van der Waals surface area contributed by atoms with Crippen LogP contribution < -0.4 is 10.3 Å². The predicted octanol–water partition coefficient (Wildman–Crippen LogP) is 3.27. The fourth-order valence-corrected chi connectivity index (χ4v) is 7.39. The highest BCUT2D eigenvalue weighted by molar-refractivity contribution is 5.79. The highest BCUT2D eigenvalue weighted by Crippen LogP contribution is 2.58. The Hall–Kier alpha value is -2.07. The van der Waals surface area contributed by atoms with Crippen molar-refractivity contribution in [1.82, 2.24) is 14.5 Å². The summed E-state index contributed by atoms with van der Waals surface area (Å²) in [5.74, 6) is 1.96. The number of hydrogen-bond donors (Lipinski definition) is 4. The first-order chi connectivity index (χ1) is 18.1. The second kappa shape index (κ2) is 10.5. The van der Waals surface area contributed by atoms with Gasteiger partial charge in [-0.2, -0.15) is 0 Å². The molecule has 2 aromatic rings. The average molecular weight is 529 g/mol. The van der Waals surface area contributed by atoms with Crippen LogP contribution in [0, 0.1) is 22.7 Å². The number of anilines is 1. The number of aromatic nitrogens is 4. The molecule has 3 aliphatic rings. The van der Waals surface area contributed by atoms with E-state index in [0.29, 0.717) is 33.7 Å². The van der Waals surface area contributed by atoms with Crippen LogP contribution in [0.1, 0.15) is 85.3 Å². The Kier molecular flexibility index (Phi) is 7.59. The third-order valence-electron chi connectivity index (χ3n) is 10.1. The van der Waals surface area contributed by atoms with E-state index in [1.54, 1.807) is 16.5 Å². The maximum Gasteiger partial charge on any atom is 0.250 e. The fraction of sp³-hybridized carbons (Fsp3) is 0.759. The van der Waals surface area contributed by atoms with E-state index in [1.807, 2.05) is 4.57 Å². The molecule has 1 aliphatic heterocycles. The molecule has 0 radical (unpaired) electrons. The van der Waals surface area contributed by atoms with Crippen LogP contribution in [0.4, 0.5) is 5.82 Å². The zero-order chi connectivity index (χ0) is 27.2. The molecule has 1 saturated heterocycles. The van der Waals surface area contributed by atoms with Crippen LogP contribution in [-0.2, 0) is 11.3 Å². The summed E-state index contributed by atoms with van der Waals surface area (Å²) in [6.07, 6.45) is 11.5. The summed E-state index contributed by atoms with van der Waals surface area (Å²) in [7, 11) is 0. The highest BCUT2D eigenvalue weighted by Gasteiger charge is 2.48. The standard InChI is InChI=1S/C29H45N5O4/c1-18-10-11-19-20(9-8-12-28(19,2)3)29(18,4)13-6-5-7-14-33-16-32-26-22(25(33)30)31-17-34(26)27-24(37)23(36)21(15-35)38-27/h11,16-18,20-21,23-24,27,30,35-37H,5-10,12-15H2,1-4H3/p+1/t18-,20-,21-,23?,24+,27-,29?/m1/s1. The van der Waals surface area contributed by atoms with Crippen molar-refractivity contribution in [2.75, 3.05) is 12.3 Å². The fourth-order valence-electron chi connectivity index (χ4n) is 7.39. The van der Waals surface area contributed by atoms with Gasteiger partial charge in [0.05, 0.1) is 13.2 Å². The van der Waals surface area contributed by atoms with Gasteiger partial charge in [0.1, 0.15) is 24.6 Å². The molecule has 5 N–H and O–H groups in total. The molecule has 1 saturated carbocycles. The van der Waals surface area contributed by atoms with Crippen LogP contribution >= 0.6 is 0 Å². The number of fused-ring (bicyclic) bond motifs is 2. The lowest BCUT2D eigenvalue weighted by Crippen LogP contribution is -2.43. The van der Waals surface area contributed by atoms with Gasteiger partial charge < -0.3 is 25.8 Å². The topological polar surface area (TPSA) is 131 Å². The van der Waals surface area contributed by atoms with E-state index in [1.165, 1.54) is 44.9 Å². The first kappa shape index (κ1) is 27.5. The minimum Gasteiger partial charge on any atom is -0.394 e. The molecular formula is C29H46N5O4+. The molecule has 0 aromatic carbocycles. The molecule has 2 aromatic heterocycles. The maximum absolute atomic E-state index is 10.4. The molecule has 9 heteroatoms. The summed E-state index contributed by atoms with van der Waals surface area (Å²) in [5.41, 5.74) is 9.92. The Bertz CT molecular complexity index is 1180. The molecule has 0 bridgehead atoms. The van der Waals surface area contributed by atoms with Crippen molar-refractivity contribution in [2.24, 2.45) is 22.7 Å². The summed E-state index contributed by atoms with van der Waals surface area (Å²) in [6.45, 7) is 10.3. The first-order valence-corrected chi connectivity index (χ1v) is 14.4. The van der Waals surface area contributed by atoms with E-state index < -0.39 is 24.5 Å². The number of imidazole rings is 1. The summed E-state index contributed by atoms with van der Waals surface area (Å²) in [4.78, 5) is 8.97. The minimum atomic E-state index is -1.19. The van der Waals surface area contributed by atoms with Crippen molar-refractivity contribution in [1.29, 1.82) is 0 Å². The van der Waals surface area contributed by atoms with E-state index in [9.17, 15) is 15.3 Å². The van der Waals surface area contributed by atoms with E-state index >= 15 is 0 Å². The van der Waals surface area contributed by atoms with Gasteiger partial charge >= 0.3 is 0 Å². The monoisotopic (exact) mass is 528 g/mol. The van der Waals surface area contributed by atoms with Crippen molar-refractivity contribution in [3.05, 3.63) is 24.3 Å². The van der Waals surface area contributed by atoms with Gasteiger partial charge in [-0.1, -0.05) is 63.6 Å². The lowest BCUT2D eigenvalue weighted by Gasteiger charge is -2.53. The molecule has 7 atom stereocenters. The van der Waals surface area contributed by atoms with E-state index in [2.05, 4.69) is 43.7 Å². The molecule has 0 amide bonds. The van der Waals surface area contributed by atoms with Gasteiger partial charge in [0.15, 0.2) is 11.7 Å². The molecule has 2 unspecified atom stereocenters. The number of allylic oxidation sites excluding steroid dienone is 2. The molecular weight excluding hydrogens is 482 g/mol. The van der Waals surface area contributed by atoms with Gasteiger partial charge in [-0.3, -0.25) is 4.57 Å². The number of hydrogen-bond acceptors (Lipinski definition) is 7. The largest absolute Gasteiger partial charge is 0.394 e. The molecule has 2 fully saturated rings. The summed E-state index contributed by atoms with van der Waals surface area (Å²) in [6, 6.07) is 0. The van der Waals surface area contributed by atoms with Crippen LogP contribution in [0.5, 0.6) is 0 Å². The number of aryl methyl sites for hydroxylation is 1. The SMILES string of the molecule is C[C@@H]1CC=C2[C@@H](CCCC2(C)C)C1(C)CCCCC[n+]1cnc2c(ncn2[C@@H]2O[C@H](CO)C(O)[C@@H]2O)c1N.